The van der Waals surface area contributed by atoms with E-state index in [1.54, 1.807) is 11.3 Å². The first kappa shape index (κ1) is 17.1. The predicted octanol–water partition coefficient (Wildman–Crippen LogP) is 4.20. The van der Waals surface area contributed by atoms with Gasteiger partial charge in [-0.3, -0.25) is 0 Å². The second-order valence-electron chi connectivity index (χ2n) is 5.49. The predicted molar refractivity (Wildman–Crippen MR) is 95.3 cm³/mol. The number of hydrogen-bond donors (Lipinski definition) is 1. The van der Waals surface area contributed by atoms with Gasteiger partial charge in [0.15, 0.2) is 0 Å². The minimum Gasteiger partial charge on any atom is -0.241 e. The molecule has 0 spiro atoms. The van der Waals surface area contributed by atoms with Crippen molar-refractivity contribution in [2.75, 3.05) is 6.54 Å². The highest BCUT2D eigenvalue weighted by Gasteiger charge is 2.07. The van der Waals surface area contributed by atoms with Crippen molar-refractivity contribution in [1.29, 1.82) is 0 Å². The molecule has 0 aliphatic heterocycles. The molecule has 2 aromatic rings. The van der Waals surface area contributed by atoms with Crippen LogP contribution in [0.5, 0.6) is 0 Å². The van der Waals surface area contributed by atoms with Gasteiger partial charge in [-0.15, -0.1) is 17.9 Å². The van der Waals surface area contributed by atoms with Crippen LogP contribution in [0.3, 0.4) is 0 Å². The summed E-state index contributed by atoms with van der Waals surface area (Å²) in [5, 5.41) is 3.11. The highest BCUT2D eigenvalue weighted by atomic mass is 32.2. The standard InChI is InChI=1S/C17H22N2OS2/c1-4-5-17-19-16(12-21-17)14-6-8-15(9-7-14)22(20)18-11-10-13(2)3/h4,6-9,12-13,18H,1,5,10-11H2,2-3H3. The molecular weight excluding hydrogens is 312 g/mol. The van der Waals surface area contributed by atoms with Crippen molar-refractivity contribution in [3.63, 3.8) is 0 Å². The molecule has 22 heavy (non-hydrogen) atoms. The average molecular weight is 335 g/mol. The Balaban J connectivity index is 1.99. The zero-order chi connectivity index (χ0) is 15.9. The normalized spacial score (nSPS) is 12.5. The largest absolute Gasteiger partial charge is 0.241 e. The summed E-state index contributed by atoms with van der Waals surface area (Å²) in [5.41, 5.74) is 2.02. The molecule has 1 aromatic heterocycles. The number of benzene rings is 1. The molecule has 0 bridgehead atoms. The van der Waals surface area contributed by atoms with E-state index in [1.165, 1.54) is 0 Å². The van der Waals surface area contributed by atoms with Crippen LogP contribution in [0, 0.1) is 5.92 Å². The third kappa shape index (κ3) is 4.87. The zero-order valence-electron chi connectivity index (χ0n) is 13.0. The van der Waals surface area contributed by atoms with Crippen LogP contribution >= 0.6 is 11.3 Å². The Labute approximate surface area is 139 Å². The summed E-state index contributed by atoms with van der Waals surface area (Å²) in [7, 11) is -1.14. The van der Waals surface area contributed by atoms with E-state index in [1.807, 2.05) is 35.7 Å². The SMILES string of the molecule is C=CCc1nc(-c2ccc(S(=O)NCCC(C)C)cc2)cs1. The molecule has 0 radical (unpaired) electrons. The van der Waals surface area contributed by atoms with Crippen LogP contribution in [0.1, 0.15) is 25.3 Å². The van der Waals surface area contributed by atoms with E-state index >= 15 is 0 Å². The smallest absolute Gasteiger partial charge is 0.124 e. The van der Waals surface area contributed by atoms with Crippen molar-refractivity contribution in [1.82, 2.24) is 9.71 Å². The summed E-state index contributed by atoms with van der Waals surface area (Å²) in [6.45, 7) is 8.82. The van der Waals surface area contributed by atoms with E-state index in [4.69, 9.17) is 0 Å². The van der Waals surface area contributed by atoms with Gasteiger partial charge in [0.25, 0.3) is 0 Å². The second kappa shape index (κ2) is 8.36. The Morgan fingerprint density at radius 3 is 2.73 bits per heavy atom. The number of hydrogen-bond acceptors (Lipinski definition) is 3. The maximum absolute atomic E-state index is 12.1. The molecule has 1 N–H and O–H groups in total. The van der Waals surface area contributed by atoms with Crippen molar-refractivity contribution in [3.05, 3.63) is 47.3 Å². The molecule has 0 fully saturated rings. The lowest BCUT2D eigenvalue weighted by atomic mass is 10.1. The van der Waals surface area contributed by atoms with Crippen molar-refractivity contribution in [2.24, 2.45) is 5.92 Å². The molecule has 2 rings (SSSR count). The van der Waals surface area contributed by atoms with Gasteiger partial charge < -0.3 is 0 Å². The van der Waals surface area contributed by atoms with E-state index in [2.05, 4.69) is 30.1 Å². The number of rotatable bonds is 8. The van der Waals surface area contributed by atoms with Crippen LogP contribution in [-0.4, -0.2) is 15.7 Å². The Morgan fingerprint density at radius 1 is 1.36 bits per heavy atom. The molecule has 5 heteroatoms. The zero-order valence-corrected chi connectivity index (χ0v) is 14.7. The number of aromatic nitrogens is 1. The third-order valence-electron chi connectivity index (χ3n) is 3.19. The van der Waals surface area contributed by atoms with E-state index < -0.39 is 11.0 Å². The highest BCUT2D eigenvalue weighted by molar-refractivity contribution is 7.83. The summed E-state index contributed by atoms with van der Waals surface area (Å²) in [5.74, 6) is 0.612. The van der Waals surface area contributed by atoms with Crippen LogP contribution in [0.25, 0.3) is 11.3 Å². The molecule has 1 atom stereocenters. The minimum atomic E-state index is -1.14. The Hall–Kier alpha value is -1.30. The van der Waals surface area contributed by atoms with Crippen LogP contribution in [0.2, 0.25) is 0 Å². The molecule has 0 aliphatic rings. The lowest BCUT2D eigenvalue weighted by Crippen LogP contribution is -2.19. The van der Waals surface area contributed by atoms with Crippen molar-refractivity contribution in [3.8, 4) is 11.3 Å². The topological polar surface area (TPSA) is 42.0 Å². The van der Waals surface area contributed by atoms with Gasteiger partial charge in [-0.05, 0) is 24.5 Å². The van der Waals surface area contributed by atoms with Crippen molar-refractivity contribution in [2.45, 2.75) is 31.6 Å². The van der Waals surface area contributed by atoms with E-state index in [0.29, 0.717) is 5.92 Å². The first-order chi connectivity index (χ1) is 10.6. The third-order valence-corrected chi connectivity index (χ3v) is 5.23. The molecule has 1 heterocycles. The van der Waals surface area contributed by atoms with Gasteiger partial charge in [0.2, 0.25) is 0 Å². The summed E-state index contributed by atoms with van der Waals surface area (Å²) in [4.78, 5) is 5.37. The molecule has 0 saturated carbocycles. The second-order valence-corrected chi connectivity index (χ2v) is 7.73. The number of nitrogens with one attached hydrogen (secondary N) is 1. The molecule has 118 valence electrons. The Morgan fingerprint density at radius 2 is 2.09 bits per heavy atom. The van der Waals surface area contributed by atoms with Gasteiger partial charge in [0.1, 0.15) is 11.0 Å². The van der Waals surface area contributed by atoms with Crippen LogP contribution in [0.15, 0.2) is 47.2 Å². The van der Waals surface area contributed by atoms with E-state index in [9.17, 15) is 4.21 Å². The number of nitrogens with zero attached hydrogens (tertiary/aromatic N) is 1. The quantitative estimate of drug-likeness (QED) is 0.735. The lowest BCUT2D eigenvalue weighted by Gasteiger charge is -2.07. The van der Waals surface area contributed by atoms with E-state index in [-0.39, 0.29) is 0 Å². The molecule has 0 amide bonds. The summed E-state index contributed by atoms with van der Waals surface area (Å²) in [6.07, 6.45) is 3.68. The fourth-order valence-corrected chi connectivity index (χ4v) is 3.59. The van der Waals surface area contributed by atoms with Crippen LogP contribution in [0.4, 0.5) is 0 Å². The van der Waals surface area contributed by atoms with Crippen LogP contribution < -0.4 is 4.72 Å². The van der Waals surface area contributed by atoms with Gasteiger partial charge in [0.05, 0.1) is 15.6 Å². The van der Waals surface area contributed by atoms with Gasteiger partial charge in [-0.1, -0.05) is 32.1 Å². The van der Waals surface area contributed by atoms with Crippen LogP contribution in [-0.2, 0) is 17.4 Å². The maximum Gasteiger partial charge on any atom is 0.124 e. The van der Waals surface area contributed by atoms with E-state index in [0.717, 1.165) is 40.5 Å². The highest BCUT2D eigenvalue weighted by Crippen LogP contribution is 2.23. The molecule has 1 unspecified atom stereocenters. The lowest BCUT2D eigenvalue weighted by molar-refractivity contribution is 0.578. The number of allylic oxidation sites excluding steroid dienone is 1. The van der Waals surface area contributed by atoms with Crippen molar-refractivity contribution < 1.29 is 4.21 Å². The van der Waals surface area contributed by atoms with Gasteiger partial charge in [0, 0.05) is 23.9 Å². The molecule has 0 aliphatic carbocycles. The molecule has 0 saturated heterocycles. The Bertz CT molecular complexity index is 632. The molecular formula is C17H22N2OS2. The summed E-state index contributed by atoms with van der Waals surface area (Å²) in [6, 6.07) is 7.76. The van der Waals surface area contributed by atoms with Gasteiger partial charge >= 0.3 is 0 Å². The fraction of sp³-hybridized carbons (Fsp3) is 0.353. The van der Waals surface area contributed by atoms with Gasteiger partial charge in [-0.25, -0.2) is 13.9 Å². The summed E-state index contributed by atoms with van der Waals surface area (Å²) >= 11 is 1.64. The summed E-state index contributed by atoms with van der Waals surface area (Å²) < 4.78 is 15.2. The first-order valence-electron chi connectivity index (χ1n) is 7.41. The van der Waals surface area contributed by atoms with Crippen molar-refractivity contribution >= 4 is 22.3 Å². The van der Waals surface area contributed by atoms with Gasteiger partial charge in [-0.2, -0.15) is 0 Å². The first-order valence-corrected chi connectivity index (χ1v) is 9.44. The number of thiazole rings is 1. The molecule has 3 nitrogen and oxygen atoms in total. The fourth-order valence-electron chi connectivity index (χ4n) is 1.93. The maximum atomic E-state index is 12.1. The minimum absolute atomic E-state index is 0.612. The average Bonchev–Trinajstić information content (AvgIpc) is 2.96. The Kier molecular flexibility index (Phi) is 6.49. The molecule has 1 aromatic carbocycles. The monoisotopic (exact) mass is 334 g/mol.